The summed E-state index contributed by atoms with van der Waals surface area (Å²) in [4.78, 5) is 25.8. The molecule has 0 heterocycles. The molecule has 2 amide bonds. The van der Waals surface area contributed by atoms with Gasteiger partial charge in [-0.15, -0.1) is 0 Å². The Morgan fingerprint density at radius 3 is 1.93 bits per heavy atom. The summed E-state index contributed by atoms with van der Waals surface area (Å²) >= 11 is 0. The number of benzene rings is 2. The van der Waals surface area contributed by atoms with Crippen molar-refractivity contribution in [2.24, 2.45) is 0 Å². The van der Waals surface area contributed by atoms with E-state index in [4.69, 9.17) is 9.47 Å². The van der Waals surface area contributed by atoms with E-state index in [2.05, 4.69) is 10.6 Å². The third-order valence-corrected chi connectivity index (χ3v) is 3.86. The average Bonchev–Trinajstić information content (AvgIpc) is 2.66. The van der Waals surface area contributed by atoms with Gasteiger partial charge in [-0.2, -0.15) is 0 Å². The lowest BCUT2D eigenvalue weighted by Crippen LogP contribution is -2.36. The number of nitrogens with one attached hydrogen (secondary N) is 2. The maximum atomic E-state index is 13.2. The molecule has 0 saturated heterocycles. The Balaban J connectivity index is 1.88. The molecule has 0 spiro atoms. The van der Waals surface area contributed by atoms with Crippen molar-refractivity contribution in [2.75, 3.05) is 44.0 Å². The number of carbonyl (C=O) groups is 2. The molecule has 0 aliphatic rings. The highest BCUT2D eigenvalue weighted by molar-refractivity contribution is 5.94. The van der Waals surface area contributed by atoms with E-state index in [9.17, 15) is 18.4 Å². The number of likely N-dealkylation sites (N-methyl/N-ethyl adjacent to an activating group) is 1. The van der Waals surface area contributed by atoms with Crippen LogP contribution in [0.2, 0.25) is 0 Å². The summed E-state index contributed by atoms with van der Waals surface area (Å²) in [7, 11) is 1.59. The number of rotatable bonds is 10. The van der Waals surface area contributed by atoms with E-state index in [1.165, 1.54) is 11.0 Å². The number of amides is 2. The molecule has 0 aromatic heterocycles. The molecular weight excluding hydrogens is 396 g/mol. The molecule has 7 nitrogen and oxygen atoms in total. The average molecular weight is 421 g/mol. The van der Waals surface area contributed by atoms with Gasteiger partial charge in [0.1, 0.15) is 0 Å². The van der Waals surface area contributed by atoms with Crippen LogP contribution in [0, 0.1) is 11.6 Å². The van der Waals surface area contributed by atoms with Crippen molar-refractivity contribution in [3.05, 3.63) is 48.0 Å². The lowest BCUT2D eigenvalue weighted by Gasteiger charge is -2.17. The summed E-state index contributed by atoms with van der Waals surface area (Å²) < 4.78 is 37.2. The zero-order valence-electron chi connectivity index (χ0n) is 17.1. The molecule has 0 aliphatic carbocycles. The van der Waals surface area contributed by atoms with Crippen LogP contribution in [0.4, 0.5) is 20.2 Å². The van der Waals surface area contributed by atoms with Gasteiger partial charge in [0, 0.05) is 23.5 Å². The van der Waals surface area contributed by atoms with E-state index in [1.54, 1.807) is 25.2 Å². The second kappa shape index (κ2) is 11.1. The monoisotopic (exact) mass is 421 g/mol. The minimum absolute atomic E-state index is 0.0532. The molecule has 0 unspecified atom stereocenters. The van der Waals surface area contributed by atoms with E-state index in [-0.39, 0.29) is 24.7 Å². The number of carbonyl (C=O) groups excluding carboxylic acids is 2. The van der Waals surface area contributed by atoms with Crippen LogP contribution in [0.3, 0.4) is 0 Å². The summed E-state index contributed by atoms with van der Waals surface area (Å²) in [5.41, 5.74) is 0.668. The highest BCUT2D eigenvalue weighted by Crippen LogP contribution is 2.30. The summed E-state index contributed by atoms with van der Waals surface area (Å²) in [6.45, 7) is 4.49. The topological polar surface area (TPSA) is 79.9 Å². The first kappa shape index (κ1) is 23.1. The highest BCUT2D eigenvalue weighted by Gasteiger charge is 2.13. The number of hydrogen-bond acceptors (Lipinski definition) is 5. The van der Waals surface area contributed by atoms with Crippen LogP contribution in [0.5, 0.6) is 11.5 Å². The SMILES string of the molecule is CCOc1ccc(NC(=O)CN(C)CC(=O)Nc2ccc(F)c(F)c2)cc1OCC. The molecule has 2 aromatic rings. The molecule has 2 N–H and O–H groups in total. The largest absolute Gasteiger partial charge is 0.490 e. The van der Waals surface area contributed by atoms with E-state index in [0.717, 1.165) is 12.1 Å². The van der Waals surface area contributed by atoms with Crippen LogP contribution >= 0.6 is 0 Å². The number of hydrogen-bond donors (Lipinski definition) is 2. The van der Waals surface area contributed by atoms with Gasteiger partial charge in [0.15, 0.2) is 23.1 Å². The molecular formula is C21H25F2N3O4. The molecule has 2 rings (SSSR count). The third kappa shape index (κ3) is 7.00. The molecule has 0 fully saturated rings. The fraction of sp³-hybridized carbons (Fsp3) is 0.333. The van der Waals surface area contributed by atoms with Gasteiger partial charge >= 0.3 is 0 Å². The van der Waals surface area contributed by atoms with Crippen LogP contribution in [0.1, 0.15) is 13.8 Å². The Hall–Kier alpha value is -3.20. The Morgan fingerprint density at radius 1 is 0.833 bits per heavy atom. The molecule has 0 saturated carbocycles. The van der Waals surface area contributed by atoms with Crippen LogP contribution in [-0.2, 0) is 9.59 Å². The number of ether oxygens (including phenoxy) is 2. The van der Waals surface area contributed by atoms with E-state index in [1.807, 2.05) is 13.8 Å². The predicted molar refractivity (Wildman–Crippen MR) is 110 cm³/mol. The minimum atomic E-state index is -1.05. The Bertz CT molecular complexity index is 893. The first-order chi connectivity index (χ1) is 14.3. The Morgan fingerprint density at radius 2 is 1.37 bits per heavy atom. The Labute approximate surface area is 174 Å². The van der Waals surface area contributed by atoms with Crippen molar-refractivity contribution < 1.29 is 27.8 Å². The van der Waals surface area contributed by atoms with Crippen molar-refractivity contribution in [3.8, 4) is 11.5 Å². The molecule has 0 bridgehead atoms. The summed E-state index contributed by atoms with van der Waals surface area (Å²) in [5, 5.41) is 5.19. The van der Waals surface area contributed by atoms with Gasteiger partial charge in [-0.1, -0.05) is 0 Å². The maximum absolute atomic E-state index is 13.2. The van der Waals surface area contributed by atoms with Gasteiger partial charge in [-0.3, -0.25) is 14.5 Å². The zero-order chi connectivity index (χ0) is 22.1. The van der Waals surface area contributed by atoms with E-state index in [0.29, 0.717) is 30.4 Å². The number of halogens is 2. The minimum Gasteiger partial charge on any atom is -0.490 e. The Kier molecular flexibility index (Phi) is 8.54. The normalized spacial score (nSPS) is 10.6. The fourth-order valence-corrected chi connectivity index (χ4v) is 2.65. The van der Waals surface area contributed by atoms with Gasteiger partial charge in [-0.25, -0.2) is 8.78 Å². The molecule has 162 valence electrons. The van der Waals surface area contributed by atoms with Crippen molar-refractivity contribution in [2.45, 2.75) is 13.8 Å². The van der Waals surface area contributed by atoms with Gasteiger partial charge in [0.25, 0.3) is 0 Å². The quantitative estimate of drug-likeness (QED) is 0.616. The summed E-state index contributed by atoms with van der Waals surface area (Å²) in [6.07, 6.45) is 0. The first-order valence-electron chi connectivity index (χ1n) is 9.45. The molecule has 0 aliphatic heterocycles. The lowest BCUT2D eigenvalue weighted by molar-refractivity contribution is -0.119. The standard InChI is InChI=1S/C21H25F2N3O4/c1-4-29-18-9-7-15(11-19(18)30-5-2)25-21(28)13-26(3)12-20(27)24-14-6-8-16(22)17(23)10-14/h6-11H,4-5,12-13H2,1-3H3,(H,24,27)(H,25,28). The van der Waals surface area contributed by atoms with Gasteiger partial charge in [0.2, 0.25) is 11.8 Å². The lowest BCUT2D eigenvalue weighted by atomic mass is 10.2. The fourth-order valence-electron chi connectivity index (χ4n) is 2.65. The summed E-state index contributed by atoms with van der Waals surface area (Å²) in [5.74, 6) is -1.73. The van der Waals surface area contributed by atoms with Crippen LogP contribution in [0.15, 0.2) is 36.4 Å². The molecule has 30 heavy (non-hydrogen) atoms. The first-order valence-corrected chi connectivity index (χ1v) is 9.45. The number of nitrogens with zero attached hydrogens (tertiary/aromatic N) is 1. The highest BCUT2D eigenvalue weighted by atomic mass is 19.2. The van der Waals surface area contributed by atoms with Gasteiger partial charge in [0.05, 0.1) is 26.3 Å². The maximum Gasteiger partial charge on any atom is 0.238 e. The molecule has 0 atom stereocenters. The smallest absolute Gasteiger partial charge is 0.238 e. The van der Waals surface area contributed by atoms with Crippen molar-refractivity contribution in [3.63, 3.8) is 0 Å². The van der Waals surface area contributed by atoms with Crippen LogP contribution in [0.25, 0.3) is 0 Å². The molecule has 0 radical (unpaired) electrons. The molecule has 9 heteroatoms. The second-order valence-electron chi connectivity index (χ2n) is 6.43. The predicted octanol–water partition coefficient (Wildman–Crippen LogP) is 3.27. The van der Waals surface area contributed by atoms with Gasteiger partial charge < -0.3 is 20.1 Å². The number of anilines is 2. The zero-order valence-corrected chi connectivity index (χ0v) is 17.1. The van der Waals surface area contributed by atoms with Gasteiger partial charge in [-0.05, 0) is 45.2 Å². The van der Waals surface area contributed by atoms with E-state index >= 15 is 0 Å². The third-order valence-electron chi connectivity index (χ3n) is 3.86. The van der Waals surface area contributed by atoms with Crippen molar-refractivity contribution in [1.29, 1.82) is 0 Å². The van der Waals surface area contributed by atoms with Crippen LogP contribution in [-0.4, -0.2) is 50.1 Å². The second-order valence-corrected chi connectivity index (χ2v) is 6.43. The summed E-state index contributed by atoms with van der Waals surface area (Å²) in [6, 6.07) is 8.15. The molecule has 2 aromatic carbocycles. The van der Waals surface area contributed by atoms with Crippen LogP contribution < -0.4 is 20.1 Å². The van der Waals surface area contributed by atoms with Crippen molar-refractivity contribution in [1.82, 2.24) is 4.90 Å². The van der Waals surface area contributed by atoms with Crippen molar-refractivity contribution >= 4 is 23.2 Å². The van der Waals surface area contributed by atoms with E-state index < -0.39 is 17.5 Å².